The molecular weight excluding hydrogens is 419 g/mol. The van der Waals surface area contributed by atoms with Gasteiger partial charge in [0.2, 0.25) is 11.5 Å². The Morgan fingerprint density at radius 2 is 1.69 bits per heavy atom. The van der Waals surface area contributed by atoms with Gasteiger partial charge in [0.05, 0.1) is 6.61 Å². The van der Waals surface area contributed by atoms with Crippen molar-refractivity contribution in [2.75, 3.05) is 6.61 Å². The molecule has 2 atom stereocenters. The molecule has 1 aromatic rings. The van der Waals surface area contributed by atoms with Gasteiger partial charge in [-0.15, -0.1) is 0 Å². The van der Waals surface area contributed by atoms with E-state index in [-0.39, 0.29) is 36.2 Å². The third-order valence-corrected chi connectivity index (χ3v) is 5.57. The lowest BCUT2D eigenvalue weighted by molar-refractivity contribution is -0.143. The third kappa shape index (κ3) is 6.38. The Kier molecular flexibility index (Phi) is 8.09. The van der Waals surface area contributed by atoms with Gasteiger partial charge in [-0.05, 0) is 26.7 Å². The van der Waals surface area contributed by atoms with Crippen LogP contribution >= 0.6 is 0 Å². The summed E-state index contributed by atoms with van der Waals surface area (Å²) in [4.78, 5) is 12.5. The highest BCUT2D eigenvalue weighted by Crippen LogP contribution is 2.54. The molecule has 1 saturated heterocycles. The number of furan rings is 1. The van der Waals surface area contributed by atoms with Crippen molar-refractivity contribution >= 4 is 5.97 Å². The van der Waals surface area contributed by atoms with Gasteiger partial charge in [-0.3, -0.25) is 0 Å². The molecule has 0 radical (unpaired) electrons. The number of esters is 1. The van der Waals surface area contributed by atoms with Crippen LogP contribution in [0.5, 0.6) is 17.4 Å². The second-order valence-corrected chi connectivity index (χ2v) is 9.49. The molecule has 8 heteroatoms. The first kappa shape index (κ1) is 24.8. The Hall–Kier alpha value is -1.80. The Morgan fingerprint density at radius 3 is 2.31 bits per heavy atom. The number of unbranched alkanes of at least 4 members (excludes halogenated alkanes) is 7. The highest BCUT2D eigenvalue weighted by molar-refractivity contribution is 5.78. The standard InChI is InChI=1S/C24H37FO7/c1-6-7-8-9-10-11-12-13-14-16(25)21(26)28-19-18(17-15-27-23(2,3)30-17)29-22-20(19)31-24(4,5)32-22/h16-17H,6-15H2,1-5H3/t16-,17?/m1/s1. The number of hydrogen-bond donors (Lipinski definition) is 0. The van der Waals surface area contributed by atoms with Crippen LogP contribution in [0.1, 0.15) is 104 Å². The summed E-state index contributed by atoms with van der Waals surface area (Å²) in [5.41, 5.74) is 0. The Morgan fingerprint density at radius 1 is 1.03 bits per heavy atom. The molecule has 0 aromatic carbocycles. The topological polar surface area (TPSA) is 76.4 Å². The molecule has 0 bridgehead atoms. The Labute approximate surface area is 189 Å². The quantitative estimate of drug-likeness (QED) is 0.267. The van der Waals surface area contributed by atoms with Crippen LogP contribution in [0.15, 0.2) is 4.42 Å². The average molecular weight is 457 g/mol. The normalized spacial score (nSPS) is 21.6. The number of carbonyl (C=O) groups is 1. The van der Waals surface area contributed by atoms with Crippen molar-refractivity contribution in [1.29, 1.82) is 0 Å². The fourth-order valence-electron chi connectivity index (χ4n) is 3.91. The van der Waals surface area contributed by atoms with Gasteiger partial charge in [0.15, 0.2) is 17.7 Å². The first-order valence-corrected chi connectivity index (χ1v) is 11.8. The molecule has 32 heavy (non-hydrogen) atoms. The molecule has 1 unspecified atom stereocenters. The number of ether oxygens (including phenoxy) is 5. The molecule has 0 aliphatic carbocycles. The van der Waals surface area contributed by atoms with Crippen molar-refractivity contribution in [2.24, 2.45) is 0 Å². The average Bonchev–Trinajstić information content (AvgIpc) is 3.33. The van der Waals surface area contributed by atoms with Crippen molar-refractivity contribution in [3.8, 4) is 17.4 Å². The van der Waals surface area contributed by atoms with Crippen LogP contribution in [0, 0.1) is 0 Å². The van der Waals surface area contributed by atoms with Gasteiger partial charge in [0.1, 0.15) is 6.10 Å². The molecule has 1 fully saturated rings. The lowest BCUT2D eigenvalue weighted by Crippen LogP contribution is -2.30. The summed E-state index contributed by atoms with van der Waals surface area (Å²) >= 11 is 0. The van der Waals surface area contributed by atoms with Crippen molar-refractivity contribution in [2.45, 2.75) is 116 Å². The van der Waals surface area contributed by atoms with Crippen LogP contribution in [-0.4, -0.2) is 30.3 Å². The summed E-state index contributed by atoms with van der Waals surface area (Å²) in [6.45, 7) is 9.33. The van der Waals surface area contributed by atoms with E-state index in [9.17, 15) is 9.18 Å². The van der Waals surface area contributed by atoms with Crippen LogP contribution in [0.2, 0.25) is 0 Å². The Bertz CT molecular complexity index is 771. The van der Waals surface area contributed by atoms with E-state index in [0.717, 1.165) is 19.3 Å². The minimum atomic E-state index is -1.72. The second-order valence-electron chi connectivity index (χ2n) is 9.49. The van der Waals surface area contributed by atoms with E-state index >= 15 is 0 Å². The van der Waals surface area contributed by atoms with E-state index in [1.54, 1.807) is 27.7 Å². The van der Waals surface area contributed by atoms with Gasteiger partial charge in [-0.25, -0.2) is 9.18 Å². The van der Waals surface area contributed by atoms with E-state index in [0.29, 0.717) is 6.42 Å². The van der Waals surface area contributed by atoms with Crippen LogP contribution in [0.25, 0.3) is 0 Å². The lowest BCUT2D eigenvalue weighted by atomic mass is 10.1. The third-order valence-electron chi connectivity index (χ3n) is 5.57. The Balaban J connectivity index is 1.56. The number of hydrogen-bond acceptors (Lipinski definition) is 7. The predicted octanol–water partition coefficient (Wildman–Crippen LogP) is 6.39. The van der Waals surface area contributed by atoms with Gasteiger partial charge < -0.3 is 28.1 Å². The van der Waals surface area contributed by atoms with Crippen molar-refractivity contribution in [1.82, 2.24) is 0 Å². The van der Waals surface area contributed by atoms with Gasteiger partial charge in [0, 0.05) is 13.8 Å². The molecule has 1 aromatic heterocycles. The lowest BCUT2D eigenvalue weighted by Gasteiger charge is -2.19. The summed E-state index contributed by atoms with van der Waals surface area (Å²) in [6.07, 6.45) is 6.48. The van der Waals surface area contributed by atoms with Gasteiger partial charge in [0.25, 0.3) is 5.75 Å². The van der Waals surface area contributed by atoms with Crippen LogP contribution < -0.4 is 14.2 Å². The zero-order valence-corrected chi connectivity index (χ0v) is 20.0. The maximum atomic E-state index is 14.6. The van der Waals surface area contributed by atoms with Crippen molar-refractivity contribution in [3.05, 3.63) is 5.76 Å². The van der Waals surface area contributed by atoms with Gasteiger partial charge in [-0.1, -0.05) is 51.9 Å². The predicted molar refractivity (Wildman–Crippen MR) is 116 cm³/mol. The van der Waals surface area contributed by atoms with E-state index in [1.165, 1.54) is 25.7 Å². The van der Waals surface area contributed by atoms with Crippen LogP contribution in [0.4, 0.5) is 4.39 Å². The van der Waals surface area contributed by atoms with E-state index in [1.807, 2.05) is 0 Å². The molecule has 3 rings (SSSR count). The maximum Gasteiger partial charge on any atom is 0.346 e. The summed E-state index contributed by atoms with van der Waals surface area (Å²) in [6, 6.07) is 0. The smallest absolute Gasteiger partial charge is 0.346 e. The zero-order valence-electron chi connectivity index (χ0n) is 20.0. The molecule has 2 aliphatic rings. The van der Waals surface area contributed by atoms with Crippen molar-refractivity contribution < 1.29 is 37.3 Å². The van der Waals surface area contributed by atoms with E-state index in [2.05, 4.69) is 6.92 Å². The molecule has 0 N–H and O–H groups in total. The molecule has 182 valence electrons. The first-order chi connectivity index (χ1) is 15.1. The molecule has 7 nitrogen and oxygen atoms in total. The fourth-order valence-corrected chi connectivity index (χ4v) is 3.91. The first-order valence-electron chi connectivity index (χ1n) is 11.8. The highest BCUT2D eigenvalue weighted by atomic mass is 19.1. The summed E-state index contributed by atoms with van der Waals surface area (Å²) < 4.78 is 48.5. The van der Waals surface area contributed by atoms with E-state index in [4.69, 9.17) is 28.1 Å². The molecule has 0 saturated carbocycles. The minimum absolute atomic E-state index is 0.000416. The number of rotatable bonds is 12. The molecular formula is C24H37FO7. The van der Waals surface area contributed by atoms with E-state index < -0.39 is 29.8 Å². The number of fused-ring (bicyclic) bond motifs is 1. The maximum absolute atomic E-state index is 14.6. The van der Waals surface area contributed by atoms with Crippen LogP contribution in [0.3, 0.4) is 0 Å². The monoisotopic (exact) mass is 456 g/mol. The van der Waals surface area contributed by atoms with Gasteiger partial charge >= 0.3 is 11.9 Å². The highest BCUT2D eigenvalue weighted by Gasteiger charge is 2.46. The largest absolute Gasteiger partial charge is 0.441 e. The molecule has 0 amide bonds. The fraction of sp³-hybridized carbons (Fsp3) is 0.792. The molecule has 2 aliphatic heterocycles. The summed E-state index contributed by atoms with van der Waals surface area (Å²) in [5, 5.41) is 0. The molecule has 0 spiro atoms. The number of alkyl halides is 1. The SMILES string of the molecule is CCCCCCCCCC[C@@H](F)C(=O)Oc1c(C2COC(C)(C)O2)oc2c1OC(C)(C)O2. The summed E-state index contributed by atoms with van der Waals surface area (Å²) in [7, 11) is 0. The number of carbonyl (C=O) groups excluding carboxylic acids is 1. The minimum Gasteiger partial charge on any atom is -0.441 e. The van der Waals surface area contributed by atoms with Crippen LogP contribution in [-0.2, 0) is 14.3 Å². The zero-order chi connectivity index (χ0) is 23.4. The van der Waals surface area contributed by atoms with Gasteiger partial charge in [-0.2, -0.15) is 0 Å². The second kappa shape index (κ2) is 10.4. The molecule has 3 heterocycles. The summed E-state index contributed by atoms with van der Waals surface area (Å²) in [5.74, 6) is -2.34. The number of halogens is 1. The van der Waals surface area contributed by atoms with Crippen molar-refractivity contribution in [3.63, 3.8) is 0 Å².